The van der Waals surface area contributed by atoms with E-state index in [9.17, 15) is 18.0 Å². The summed E-state index contributed by atoms with van der Waals surface area (Å²) in [5, 5.41) is 7.97. The molecule has 3 aromatic carbocycles. The highest BCUT2D eigenvalue weighted by atomic mass is 19.4. The average molecular weight is 534 g/mol. The van der Waals surface area contributed by atoms with Gasteiger partial charge < -0.3 is 13.7 Å². The first kappa shape index (κ1) is 24.8. The van der Waals surface area contributed by atoms with Gasteiger partial charge in [0.2, 0.25) is 18.2 Å². The van der Waals surface area contributed by atoms with Gasteiger partial charge in [0, 0.05) is 37.3 Å². The number of rotatable bonds is 5. The highest BCUT2D eigenvalue weighted by molar-refractivity contribution is 5.95. The Kier molecular flexibility index (Phi) is 6.35. The van der Waals surface area contributed by atoms with Crippen molar-refractivity contribution in [3.8, 4) is 11.5 Å². The minimum absolute atomic E-state index is 0.0990. The van der Waals surface area contributed by atoms with Crippen LogP contribution in [0.1, 0.15) is 33.4 Å². The molecule has 0 saturated carbocycles. The van der Waals surface area contributed by atoms with Crippen molar-refractivity contribution >= 4 is 17.0 Å². The van der Waals surface area contributed by atoms with Crippen molar-refractivity contribution in [3.05, 3.63) is 102 Å². The Hall–Kier alpha value is -4.51. The number of carbonyl (C=O) groups excluding carboxylic acids is 1. The van der Waals surface area contributed by atoms with Gasteiger partial charge in [0.25, 0.3) is 5.91 Å². The van der Waals surface area contributed by atoms with E-state index in [0.717, 1.165) is 17.7 Å². The number of alkyl halides is 3. The fourth-order valence-corrected chi connectivity index (χ4v) is 4.82. The lowest BCUT2D eigenvalue weighted by atomic mass is 10.0. The van der Waals surface area contributed by atoms with Gasteiger partial charge in [-0.25, -0.2) is 4.98 Å². The van der Waals surface area contributed by atoms with Gasteiger partial charge >= 0.3 is 6.18 Å². The van der Waals surface area contributed by atoms with Crippen LogP contribution < -0.4 is 0 Å². The number of benzene rings is 3. The van der Waals surface area contributed by atoms with Crippen molar-refractivity contribution in [3.63, 3.8) is 0 Å². The van der Waals surface area contributed by atoms with Crippen LogP contribution in [0.5, 0.6) is 0 Å². The lowest BCUT2D eigenvalue weighted by molar-refractivity contribution is -0.137. The van der Waals surface area contributed by atoms with Gasteiger partial charge in [-0.15, -0.1) is 10.2 Å². The average Bonchev–Trinajstić information content (AvgIpc) is 3.64. The molecule has 1 aliphatic heterocycles. The summed E-state index contributed by atoms with van der Waals surface area (Å²) in [5.74, 6) is 0.490. The van der Waals surface area contributed by atoms with Crippen molar-refractivity contribution in [1.82, 2.24) is 25.0 Å². The summed E-state index contributed by atoms with van der Waals surface area (Å²) in [4.78, 5) is 21.6. The molecule has 198 valence electrons. The van der Waals surface area contributed by atoms with Gasteiger partial charge in [-0.1, -0.05) is 36.4 Å². The number of aromatic nitrogens is 3. The van der Waals surface area contributed by atoms with Gasteiger partial charge in [-0.05, 0) is 42.0 Å². The minimum Gasteiger partial charge on any atom is -0.436 e. The van der Waals surface area contributed by atoms with Crippen LogP contribution in [0.15, 0.2) is 88.0 Å². The topological polar surface area (TPSA) is 88.5 Å². The molecule has 1 fully saturated rings. The number of hydrogen-bond acceptors (Lipinski definition) is 7. The van der Waals surface area contributed by atoms with Crippen molar-refractivity contribution < 1.29 is 26.8 Å². The molecule has 0 bridgehead atoms. The molecule has 5 aromatic rings. The first-order chi connectivity index (χ1) is 18.9. The van der Waals surface area contributed by atoms with E-state index in [0.29, 0.717) is 43.2 Å². The standard InChI is InChI=1S/C28H22F3N5O3/c29-28(30,31)21-9-10-23-22(16-21)33-25(39-23)19-7-4-8-20(15-19)27(37)36-13-11-35(12-14-36)24(26-34-32-17-38-26)18-5-2-1-3-6-18/h1-10,15-17,24H,11-14H2. The number of amides is 1. The maximum atomic E-state index is 13.4. The van der Waals surface area contributed by atoms with E-state index in [1.54, 1.807) is 29.2 Å². The maximum Gasteiger partial charge on any atom is 0.416 e. The van der Waals surface area contributed by atoms with Crippen LogP contribution >= 0.6 is 0 Å². The molecule has 2 aromatic heterocycles. The number of oxazole rings is 1. The zero-order valence-corrected chi connectivity index (χ0v) is 20.5. The Labute approximate surface area is 220 Å². The molecule has 1 saturated heterocycles. The predicted molar refractivity (Wildman–Crippen MR) is 135 cm³/mol. The van der Waals surface area contributed by atoms with Crippen LogP contribution in [0.3, 0.4) is 0 Å². The minimum atomic E-state index is -4.48. The molecule has 1 amide bonds. The molecule has 6 rings (SSSR count). The summed E-state index contributed by atoms with van der Waals surface area (Å²) in [5.41, 5.74) is 1.50. The van der Waals surface area contributed by atoms with E-state index in [-0.39, 0.29) is 28.9 Å². The molecular weight excluding hydrogens is 511 g/mol. The lowest BCUT2D eigenvalue weighted by Gasteiger charge is -2.38. The third-order valence-electron chi connectivity index (χ3n) is 6.76. The van der Waals surface area contributed by atoms with E-state index in [1.807, 2.05) is 30.3 Å². The van der Waals surface area contributed by atoms with Crippen LogP contribution in [0.25, 0.3) is 22.6 Å². The summed E-state index contributed by atoms with van der Waals surface area (Å²) in [6, 6.07) is 19.6. The largest absolute Gasteiger partial charge is 0.436 e. The van der Waals surface area contributed by atoms with Gasteiger partial charge in [0.15, 0.2) is 5.58 Å². The van der Waals surface area contributed by atoms with Crippen molar-refractivity contribution in [2.75, 3.05) is 26.2 Å². The normalized spacial score (nSPS) is 15.5. The smallest absolute Gasteiger partial charge is 0.416 e. The van der Waals surface area contributed by atoms with Gasteiger partial charge in [-0.2, -0.15) is 13.2 Å². The monoisotopic (exact) mass is 533 g/mol. The van der Waals surface area contributed by atoms with Crippen LogP contribution in [0.4, 0.5) is 13.2 Å². The highest BCUT2D eigenvalue weighted by Crippen LogP contribution is 2.33. The Bertz CT molecular complexity index is 1590. The zero-order chi connectivity index (χ0) is 27.0. The fraction of sp³-hybridized carbons (Fsp3) is 0.214. The summed E-state index contributed by atoms with van der Waals surface area (Å²) >= 11 is 0. The molecule has 11 heteroatoms. The Balaban J connectivity index is 1.18. The molecule has 3 heterocycles. The van der Waals surface area contributed by atoms with E-state index < -0.39 is 11.7 Å². The van der Waals surface area contributed by atoms with E-state index in [1.165, 1.54) is 12.5 Å². The predicted octanol–water partition coefficient (Wildman–Crippen LogP) is 5.44. The van der Waals surface area contributed by atoms with Gasteiger partial charge in [0.1, 0.15) is 11.6 Å². The SMILES string of the molecule is O=C(c1cccc(-c2nc3cc(C(F)(F)F)ccc3o2)c1)N1CCN(C(c2ccccc2)c2nnco2)CC1. The van der Waals surface area contributed by atoms with Crippen molar-refractivity contribution in [2.45, 2.75) is 12.2 Å². The number of nitrogens with zero attached hydrogens (tertiary/aromatic N) is 5. The summed E-state index contributed by atoms with van der Waals surface area (Å²) in [6.07, 6.45) is -3.17. The second-order valence-corrected chi connectivity index (χ2v) is 9.20. The highest BCUT2D eigenvalue weighted by Gasteiger charge is 2.32. The van der Waals surface area contributed by atoms with Crippen LogP contribution in [0, 0.1) is 0 Å². The number of piperazine rings is 1. The second kappa shape index (κ2) is 9.99. The summed E-state index contributed by atoms with van der Waals surface area (Å²) < 4.78 is 50.5. The quantitative estimate of drug-likeness (QED) is 0.297. The summed E-state index contributed by atoms with van der Waals surface area (Å²) in [7, 11) is 0. The molecule has 0 N–H and O–H groups in total. The summed E-state index contributed by atoms with van der Waals surface area (Å²) in [6.45, 7) is 2.17. The van der Waals surface area contributed by atoms with Crippen molar-refractivity contribution in [1.29, 1.82) is 0 Å². The van der Waals surface area contributed by atoms with Gasteiger partial charge in [-0.3, -0.25) is 9.69 Å². The maximum absolute atomic E-state index is 13.4. The van der Waals surface area contributed by atoms with Crippen LogP contribution in [-0.2, 0) is 6.18 Å². The first-order valence-electron chi connectivity index (χ1n) is 12.3. The fourth-order valence-electron chi connectivity index (χ4n) is 4.82. The number of fused-ring (bicyclic) bond motifs is 1. The Morgan fingerprint density at radius 1 is 0.923 bits per heavy atom. The zero-order valence-electron chi connectivity index (χ0n) is 20.5. The number of hydrogen-bond donors (Lipinski definition) is 0. The van der Waals surface area contributed by atoms with Crippen LogP contribution in [-0.4, -0.2) is 57.1 Å². The third kappa shape index (κ3) is 5.00. The number of carbonyl (C=O) groups is 1. The molecule has 0 aliphatic carbocycles. The van der Waals surface area contributed by atoms with E-state index in [2.05, 4.69) is 20.1 Å². The van der Waals surface area contributed by atoms with Crippen molar-refractivity contribution in [2.24, 2.45) is 0 Å². The lowest BCUT2D eigenvalue weighted by Crippen LogP contribution is -2.50. The van der Waals surface area contributed by atoms with E-state index >= 15 is 0 Å². The molecule has 0 spiro atoms. The molecule has 1 unspecified atom stereocenters. The Morgan fingerprint density at radius 2 is 1.72 bits per heavy atom. The number of halogens is 3. The molecular formula is C28H22F3N5O3. The molecule has 1 atom stereocenters. The molecule has 1 aliphatic rings. The van der Waals surface area contributed by atoms with E-state index in [4.69, 9.17) is 8.83 Å². The third-order valence-corrected chi connectivity index (χ3v) is 6.76. The second-order valence-electron chi connectivity index (χ2n) is 9.20. The molecule has 39 heavy (non-hydrogen) atoms. The molecule has 8 nitrogen and oxygen atoms in total. The van der Waals surface area contributed by atoms with Gasteiger partial charge in [0.05, 0.1) is 5.56 Å². The Morgan fingerprint density at radius 3 is 2.44 bits per heavy atom. The molecule has 0 radical (unpaired) electrons. The first-order valence-corrected chi connectivity index (χ1v) is 12.3. The van der Waals surface area contributed by atoms with Crippen LogP contribution in [0.2, 0.25) is 0 Å².